The highest BCUT2D eigenvalue weighted by Crippen LogP contribution is 2.23. The fraction of sp³-hybridized carbons (Fsp3) is 0.0714. The second-order valence-electron chi connectivity index (χ2n) is 4.13. The third-order valence-corrected chi connectivity index (χ3v) is 3.78. The van der Waals surface area contributed by atoms with E-state index in [-0.39, 0.29) is 5.82 Å². The Bertz CT molecular complexity index is 734. The summed E-state index contributed by atoms with van der Waals surface area (Å²) in [6, 6.07) is 10.4. The van der Waals surface area contributed by atoms with Gasteiger partial charge in [-0.1, -0.05) is 12.1 Å². The molecule has 3 rings (SSSR count). The predicted molar refractivity (Wildman–Crippen MR) is 73.0 cm³/mol. The molecule has 1 aromatic carbocycles. The summed E-state index contributed by atoms with van der Waals surface area (Å²) < 4.78 is 16.2. The van der Waals surface area contributed by atoms with Crippen molar-refractivity contribution in [3.05, 3.63) is 58.6 Å². The van der Waals surface area contributed by atoms with E-state index in [1.165, 1.54) is 12.1 Å². The Hall–Kier alpha value is -1.68. The van der Waals surface area contributed by atoms with Crippen LogP contribution >= 0.6 is 15.9 Å². The topological polar surface area (TPSA) is 17.3 Å². The van der Waals surface area contributed by atoms with Crippen LogP contribution in [-0.4, -0.2) is 9.38 Å². The highest BCUT2D eigenvalue weighted by molar-refractivity contribution is 9.10. The summed E-state index contributed by atoms with van der Waals surface area (Å²) in [7, 11) is 0. The fourth-order valence-corrected chi connectivity index (χ4v) is 2.27. The van der Waals surface area contributed by atoms with E-state index < -0.39 is 0 Å². The van der Waals surface area contributed by atoms with Gasteiger partial charge in [-0.3, -0.25) is 0 Å². The van der Waals surface area contributed by atoms with Gasteiger partial charge in [0.15, 0.2) is 0 Å². The van der Waals surface area contributed by atoms with E-state index >= 15 is 0 Å². The average molecular weight is 305 g/mol. The van der Waals surface area contributed by atoms with Crippen molar-refractivity contribution in [3.8, 4) is 11.3 Å². The molecular formula is C14H10BrFN2. The molecule has 2 nitrogen and oxygen atoms in total. The summed E-state index contributed by atoms with van der Waals surface area (Å²) in [4.78, 5) is 4.50. The molecule has 18 heavy (non-hydrogen) atoms. The number of hydrogen-bond donors (Lipinski definition) is 0. The van der Waals surface area contributed by atoms with Crippen molar-refractivity contribution in [1.82, 2.24) is 9.38 Å². The van der Waals surface area contributed by atoms with Crippen molar-refractivity contribution in [2.75, 3.05) is 0 Å². The Morgan fingerprint density at radius 2 is 2.06 bits per heavy atom. The lowest BCUT2D eigenvalue weighted by atomic mass is 10.2. The molecule has 0 unspecified atom stereocenters. The number of aromatic nitrogens is 2. The van der Waals surface area contributed by atoms with Crippen LogP contribution in [0.15, 0.2) is 47.1 Å². The van der Waals surface area contributed by atoms with Crippen molar-refractivity contribution in [3.63, 3.8) is 0 Å². The monoisotopic (exact) mass is 304 g/mol. The van der Waals surface area contributed by atoms with Crippen LogP contribution in [0.5, 0.6) is 0 Å². The standard InChI is InChI=1S/C14H10BrFN2/c1-9-12(15)5-6-14-17-13(8-18(9)14)10-3-2-4-11(16)7-10/h2-8H,1H3. The first-order valence-electron chi connectivity index (χ1n) is 5.55. The lowest BCUT2D eigenvalue weighted by Gasteiger charge is -2.00. The van der Waals surface area contributed by atoms with Gasteiger partial charge in [-0.05, 0) is 47.1 Å². The smallest absolute Gasteiger partial charge is 0.137 e. The molecule has 0 saturated carbocycles. The van der Waals surface area contributed by atoms with Gasteiger partial charge in [-0.2, -0.15) is 0 Å². The Labute approximate surface area is 112 Å². The molecule has 0 radical (unpaired) electrons. The first-order valence-corrected chi connectivity index (χ1v) is 6.34. The van der Waals surface area contributed by atoms with Crippen molar-refractivity contribution >= 4 is 21.6 Å². The minimum Gasteiger partial charge on any atom is -0.303 e. The zero-order valence-corrected chi connectivity index (χ0v) is 11.3. The highest BCUT2D eigenvalue weighted by Gasteiger charge is 2.07. The van der Waals surface area contributed by atoms with Crippen LogP contribution < -0.4 is 0 Å². The summed E-state index contributed by atoms with van der Waals surface area (Å²) in [5.74, 6) is -0.248. The number of pyridine rings is 1. The maximum Gasteiger partial charge on any atom is 0.137 e. The quantitative estimate of drug-likeness (QED) is 0.658. The number of rotatable bonds is 1. The van der Waals surface area contributed by atoms with Crippen LogP contribution in [0.1, 0.15) is 5.69 Å². The number of fused-ring (bicyclic) bond motifs is 1. The lowest BCUT2D eigenvalue weighted by Crippen LogP contribution is -1.89. The van der Waals surface area contributed by atoms with Crippen LogP contribution in [-0.2, 0) is 0 Å². The molecule has 0 fully saturated rings. The number of nitrogens with zero attached hydrogens (tertiary/aromatic N) is 2. The molecule has 0 atom stereocenters. The van der Waals surface area contributed by atoms with Crippen LogP contribution in [0, 0.1) is 12.7 Å². The number of imidazole rings is 1. The number of halogens is 2. The Balaban J connectivity index is 2.23. The summed E-state index contributed by atoms with van der Waals surface area (Å²) >= 11 is 3.48. The molecule has 0 amide bonds. The van der Waals surface area contributed by atoms with Crippen molar-refractivity contribution in [2.24, 2.45) is 0 Å². The van der Waals surface area contributed by atoms with E-state index in [1.807, 2.05) is 35.7 Å². The Kier molecular flexibility index (Phi) is 2.67. The Morgan fingerprint density at radius 1 is 1.22 bits per heavy atom. The van der Waals surface area contributed by atoms with Gasteiger partial charge in [-0.25, -0.2) is 9.37 Å². The maximum absolute atomic E-state index is 13.2. The summed E-state index contributed by atoms with van der Waals surface area (Å²) in [6.45, 7) is 2.01. The van der Waals surface area contributed by atoms with Crippen molar-refractivity contribution < 1.29 is 4.39 Å². The van der Waals surface area contributed by atoms with Gasteiger partial charge in [-0.15, -0.1) is 0 Å². The molecule has 2 heterocycles. The molecular weight excluding hydrogens is 295 g/mol. The third kappa shape index (κ3) is 1.82. The van der Waals surface area contributed by atoms with Gasteiger partial charge in [0.1, 0.15) is 11.5 Å². The molecule has 0 aliphatic carbocycles. The lowest BCUT2D eigenvalue weighted by molar-refractivity contribution is 0.628. The number of hydrogen-bond acceptors (Lipinski definition) is 1. The van der Waals surface area contributed by atoms with E-state index in [1.54, 1.807) is 6.07 Å². The second kappa shape index (κ2) is 4.21. The van der Waals surface area contributed by atoms with Gasteiger partial charge in [0.25, 0.3) is 0 Å². The van der Waals surface area contributed by atoms with Gasteiger partial charge >= 0.3 is 0 Å². The first kappa shape index (κ1) is 11.4. The van der Waals surface area contributed by atoms with Crippen molar-refractivity contribution in [1.29, 1.82) is 0 Å². The van der Waals surface area contributed by atoms with Gasteiger partial charge in [0, 0.05) is 21.9 Å². The second-order valence-corrected chi connectivity index (χ2v) is 4.99. The molecule has 3 aromatic rings. The third-order valence-electron chi connectivity index (χ3n) is 2.94. The molecule has 0 aliphatic rings. The van der Waals surface area contributed by atoms with Gasteiger partial charge < -0.3 is 4.40 Å². The van der Waals surface area contributed by atoms with Crippen LogP contribution in [0.25, 0.3) is 16.9 Å². The molecule has 2 aromatic heterocycles. The average Bonchev–Trinajstić information content (AvgIpc) is 2.79. The first-order chi connectivity index (χ1) is 8.65. The molecule has 0 N–H and O–H groups in total. The fourth-order valence-electron chi connectivity index (χ4n) is 1.95. The number of benzene rings is 1. The van der Waals surface area contributed by atoms with Crippen LogP contribution in [0.4, 0.5) is 4.39 Å². The zero-order valence-electron chi connectivity index (χ0n) is 9.69. The Morgan fingerprint density at radius 3 is 2.83 bits per heavy atom. The van der Waals surface area contributed by atoms with Crippen molar-refractivity contribution in [2.45, 2.75) is 6.92 Å². The largest absolute Gasteiger partial charge is 0.303 e. The number of aryl methyl sites for hydroxylation is 1. The summed E-state index contributed by atoms with van der Waals surface area (Å²) in [6.07, 6.45) is 1.92. The summed E-state index contributed by atoms with van der Waals surface area (Å²) in [5, 5.41) is 0. The summed E-state index contributed by atoms with van der Waals surface area (Å²) in [5.41, 5.74) is 3.49. The molecule has 0 saturated heterocycles. The van der Waals surface area contributed by atoms with E-state index in [0.29, 0.717) is 0 Å². The van der Waals surface area contributed by atoms with E-state index in [4.69, 9.17) is 0 Å². The molecule has 0 spiro atoms. The minimum absolute atomic E-state index is 0.248. The molecule has 4 heteroatoms. The normalized spacial score (nSPS) is 11.1. The molecule has 0 bridgehead atoms. The van der Waals surface area contributed by atoms with E-state index in [9.17, 15) is 4.39 Å². The van der Waals surface area contributed by atoms with E-state index in [2.05, 4.69) is 20.9 Å². The van der Waals surface area contributed by atoms with Gasteiger partial charge in [0.05, 0.1) is 5.69 Å². The van der Waals surface area contributed by atoms with Gasteiger partial charge in [0.2, 0.25) is 0 Å². The molecule has 0 aliphatic heterocycles. The maximum atomic E-state index is 13.2. The molecule has 90 valence electrons. The predicted octanol–water partition coefficient (Wildman–Crippen LogP) is 4.21. The zero-order chi connectivity index (χ0) is 12.7. The SMILES string of the molecule is Cc1c(Br)ccc2nc(-c3cccc(F)c3)cn12. The minimum atomic E-state index is -0.248. The van der Waals surface area contributed by atoms with E-state index in [0.717, 1.165) is 27.1 Å². The highest BCUT2D eigenvalue weighted by atomic mass is 79.9. The van der Waals surface area contributed by atoms with Crippen LogP contribution in [0.2, 0.25) is 0 Å². The van der Waals surface area contributed by atoms with Crippen LogP contribution in [0.3, 0.4) is 0 Å².